The molecule has 1 saturated carbocycles. The second kappa shape index (κ2) is 4.36. The minimum atomic E-state index is 0.322. The Balaban J connectivity index is 2.00. The van der Waals surface area contributed by atoms with Crippen LogP contribution in [0.2, 0.25) is 0 Å². The second-order valence-corrected chi connectivity index (χ2v) is 5.16. The van der Waals surface area contributed by atoms with Gasteiger partial charge in [0.15, 0.2) is 0 Å². The van der Waals surface area contributed by atoms with E-state index in [1.165, 1.54) is 31.2 Å². The molecule has 0 radical (unpaired) electrons. The first kappa shape index (κ1) is 10.7. The predicted molar refractivity (Wildman–Crippen MR) is 64.7 cm³/mol. The van der Waals surface area contributed by atoms with Crippen molar-refractivity contribution < 1.29 is 0 Å². The van der Waals surface area contributed by atoms with Gasteiger partial charge in [-0.05, 0) is 30.2 Å². The minimum Gasteiger partial charge on any atom is -0.327 e. The van der Waals surface area contributed by atoms with Crippen molar-refractivity contribution in [2.45, 2.75) is 45.1 Å². The average molecular weight is 203 g/mol. The third kappa shape index (κ3) is 2.40. The first-order valence-electron chi connectivity index (χ1n) is 6.00. The summed E-state index contributed by atoms with van der Waals surface area (Å²) < 4.78 is 0. The lowest BCUT2D eigenvalue weighted by molar-refractivity contribution is 0.260. The summed E-state index contributed by atoms with van der Waals surface area (Å²) in [6.07, 6.45) is 6.36. The van der Waals surface area contributed by atoms with Crippen molar-refractivity contribution in [3.63, 3.8) is 0 Å². The first-order valence-corrected chi connectivity index (χ1v) is 6.00. The lowest BCUT2D eigenvalue weighted by Crippen LogP contribution is -2.39. The van der Waals surface area contributed by atoms with Crippen molar-refractivity contribution in [2.24, 2.45) is 11.1 Å². The molecule has 15 heavy (non-hydrogen) atoms. The molecule has 0 saturated heterocycles. The number of benzene rings is 1. The number of hydrogen-bond acceptors (Lipinski definition) is 1. The van der Waals surface area contributed by atoms with Gasteiger partial charge in [0.2, 0.25) is 0 Å². The average Bonchev–Trinajstić information content (AvgIpc) is 2.68. The van der Waals surface area contributed by atoms with Gasteiger partial charge in [-0.1, -0.05) is 50.1 Å². The van der Waals surface area contributed by atoms with E-state index in [9.17, 15) is 0 Å². The molecule has 0 heterocycles. The van der Waals surface area contributed by atoms with Crippen LogP contribution in [0.3, 0.4) is 0 Å². The molecular weight excluding hydrogens is 182 g/mol. The van der Waals surface area contributed by atoms with E-state index in [4.69, 9.17) is 5.73 Å². The number of nitrogens with two attached hydrogens (primary N) is 1. The molecule has 1 aliphatic carbocycles. The van der Waals surface area contributed by atoms with Gasteiger partial charge in [0.25, 0.3) is 0 Å². The second-order valence-electron chi connectivity index (χ2n) is 5.16. The van der Waals surface area contributed by atoms with E-state index in [1.54, 1.807) is 0 Å². The maximum Gasteiger partial charge on any atom is 0.0133 e. The van der Waals surface area contributed by atoms with Crippen LogP contribution < -0.4 is 5.73 Å². The molecule has 0 amide bonds. The molecule has 0 bridgehead atoms. The highest BCUT2D eigenvalue weighted by atomic mass is 14.7. The van der Waals surface area contributed by atoms with Gasteiger partial charge in [0.1, 0.15) is 0 Å². The summed E-state index contributed by atoms with van der Waals surface area (Å²) in [6.45, 7) is 2.35. The van der Waals surface area contributed by atoms with Crippen LogP contribution in [-0.2, 0) is 6.42 Å². The number of rotatable bonds is 3. The molecule has 2 N–H and O–H groups in total. The third-order valence-corrected chi connectivity index (χ3v) is 3.94. The highest BCUT2D eigenvalue weighted by molar-refractivity contribution is 5.16. The quantitative estimate of drug-likeness (QED) is 0.802. The molecule has 2 rings (SSSR count). The molecule has 1 unspecified atom stereocenters. The summed E-state index contributed by atoms with van der Waals surface area (Å²) in [5.41, 5.74) is 8.10. The van der Waals surface area contributed by atoms with E-state index >= 15 is 0 Å². The van der Waals surface area contributed by atoms with E-state index in [1.807, 2.05) is 0 Å². The van der Waals surface area contributed by atoms with Gasteiger partial charge in [-0.2, -0.15) is 0 Å². The van der Waals surface area contributed by atoms with Gasteiger partial charge in [0, 0.05) is 6.04 Å². The summed E-state index contributed by atoms with van der Waals surface area (Å²) in [5, 5.41) is 0. The lowest BCUT2D eigenvalue weighted by Gasteiger charge is -2.31. The van der Waals surface area contributed by atoms with Gasteiger partial charge in [-0.3, -0.25) is 0 Å². The fourth-order valence-corrected chi connectivity index (χ4v) is 2.67. The molecule has 0 aromatic heterocycles. The molecule has 0 aliphatic heterocycles. The van der Waals surface area contributed by atoms with Gasteiger partial charge < -0.3 is 5.73 Å². The van der Waals surface area contributed by atoms with Crippen LogP contribution in [-0.4, -0.2) is 6.04 Å². The van der Waals surface area contributed by atoms with Gasteiger partial charge >= 0.3 is 0 Å². The third-order valence-electron chi connectivity index (χ3n) is 3.94. The Labute approximate surface area is 92.7 Å². The lowest BCUT2D eigenvalue weighted by atomic mass is 9.78. The molecule has 1 aromatic carbocycles. The Hall–Kier alpha value is -0.820. The van der Waals surface area contributed by atoms with Crippen LogP contribution in [0.15, 0.2) is 30.3 Å². The largest absolute Gasteiger partial charge is 0.327 e. The maximum absolute atomic E-state index is 6.35. The SMILES string of the molecule is CC1(C(N)Cc2ccccc2)CCCC1. The smallest absolute Gasteiger partial charge is 0.0133 e. The van der Waals surface area contributed by atoms with Crippen molar-refractivity contribution >= 4 is 0 Å². The molecule has 1 fully saturated rings. The first-order chi connectivity index (χ1) is 7.21. The normalized spacial score (nSPS) is 21.5. The van der Waals surface area contributed by atoms with Crippen LogP contribution >= 0.6 is 0 Å². The van der Waals surface area contributed by atoms with Crippen LogP contribution in [0.1, 0.15) is 38.2 Å². The predicted octanol–water partition coefficient (Wildman–Crippen LogP) is 3.14. The molecule has 82 valence electrons. The Morgan fingerprint density at radius 1 is 1.20 bits per heavy atom. The zero-order valence-corrected chi connectivity index (χ0v) is 9.58. The summed E-state index contributed by atoms with van der Waals surface area (Å²) in [4.78, 5) is 0. The molecule has 1 atom stereocenters. The monoisotopic (exact) mass is 203 g/mol. The zero-order valence-electron chi connectivity index (χ0n) is 9.58. The zero-order chi connectivity index (χ0) is 10.7. The molecule has 0 spiro atoms. The van der Waals surface area contributed by atoms with Crippen molar-refractivity contribution in [1.29, 1.82) is 0 Å². The van der Waals surface area contributed by atoms with Crippen molar-refractivity contribution in [2.75, 3.05) is 0 Å². The fourth-order valence-electron chi connectivity index (χ4n) is 2.67. The Morgan fingerprint density at radius 3 is 2.40 bits per heavy atom. The Morgan fingerprint density at radius 2 is 1.80 bits per heavy atom. The van der Waals surface area contributed by atoms with E-state index in [-0.39, 0.29) is 0 Å². The number of hydrogen-bond donors (Lipinski definition) is 1. The van der Waals surface area contributed by atoms with Crippen molar-refractivity contribution in [3.8, 4) is 0 Å². The van der Waals surface area contributed by atoms with E-state index in [2.05, 4.69) is 37.3 Å². The maximum atomic E-state index is 6.35. The van der Waals surface area contributed by atoms with Crippen LogP contribution in [0.4, 0.5) is 0 Å². The van der Waals surface area contributed by atoms with E-state index in [0.717, 1.165) is 6.42 Å². The highest BCUT2D eigenvalue weighted by Crippen LogP contribution is 2.40. The topological polar surface area (TPSA) is 26.0 Å². The van der Waals surface area contributed by atoms with Crippen molar-refractivity contribution in [3.05, 3.63) is 35.9 Å². The molecule has 1 heteroatoms. The van der Waals surface area contributed by atoms with Gasteiger partial charge in [0.05, 0.1) is 0 Å². The molecule has 1 aromatic rings. The minimum absolute atomic E-state index is 0.322. The molecule has 1 aliphatic rings. The van der Waals surface area contributed by atoms with E-state index < -0.39 is 0 Å². The summed E-state index contributed by atoms with van der Waals surface area (Å²) in [5.74, 6) is 0. The Bertz CT molecular complexity index is 298. The van der Waals surface area contributed by atoms with Crippen LogP contribution in [0, 0.1) is 5.41 Å². The fraction of sp³-hybridized carbons (Fsp3) is 0.571. The highest BCUT2D eigenvalue weighted by Gasteiger charge is 2.34. The van der Waals surface area contributed by atoms with Crippen LogP contribution in [0.5, 0.6) is 0 Å². The van der Waals surface area contributed by atoms with E-state index in [0.29, 0.717) is 11.5 Å². The summed E-state index contributed by atoms with van der Waals surface area (Å²) >= 11 is 0. The Kier molecular flexibility index (Phi) is 3.11. The van der Waals surface area contributed by atoms with Crippen molar-refractivity contribution in [1.82, 2.24) is 0 Å². The standard InChI is InChI=1S/C14H21N/c1-14(9-5-6-10-14)13(15)11-12-7-3-2-4-8-12/h2-4,7-8,13H,5-6,9-11,15H2,1H3. The summed E-state index contributed by atoms with van der Waals surface area (Å²) in [7, 11) is 0. The molecule has 1 nitrogen and oxygen atoms in total. The summed E-state index contributed by atoms with van der Waals surface area (Å²) in [6, 6.07) is 10.9. The van der Waals surface area contributed by atoms with Gasteiger partial charge in [-0.15, -0.1) is 0 Å². The molecular formula is C14H21N. The van der Waals surface area contributed by atoms with Crippen LogP contribution in [0.25, 0.3) is 0 Å². The van der Waals surface area contributed by atoms with Gasteiger partial charge in [-0.25, -0.2) is 0 Å².